The molecule has 172 valence electrons. The summed E-state index contributed by atoms with van der Waals surface area (Å²) < 4.78 is 7.81. The van der Waals surface area contributed by atoms with Crippen LogP contribution in [0.15, 0.2) is 24.5 Å². The van der Waals surface area contributed by atoms with Crippen molar-refractivity contribution in [2.24, 2.45) is 0 Å². The molecule has 32 heavy (non-hydrogen) atoms. The van der Waals surface area contributed by atoms with Crippen molar-refractivity contribution >= 4 is 11.8 Å². The van der Waals surface area contributed by atoms with Crippen molar-refractivity contribution in [2.45, 2.75) is 71.2 Å². The molecule has 9 heteroatoms. The number of carbonyl (C=O) groups is 2. The Kier molecular flexibility index (Phi) is 7.14. The summed E-state index contributed by atoms with van der Waals surface area (Å²) in [5.41, 5.74) is 0.971. The molecule has 1 saturated carbocycles. The molecule has 2 aromatic heterocycles. The van der Waals surface area contributed by atoms with E-state index in [1.165, 1.54) is 6.42 Å². The number of hydrogen-bond acceptors (Lipinski definition) is 6. The molecular formula is C23H32N6O3. The smallest absolute Gasteiger partial charge is 0.244 e. The molecule has 1 aliphatic carbocycles. The van der Waals surface area contributed by atoms with Crippen LogP contribution in [-0.2, 0) is 27.5 Å². The summed E-state index contributed by atoms with van der Waals surface area (Å²) in [6.07, 6.45) is 8.80. The van der Waals surface area contributed by atoms with Gasteiger partial charge in [-0.25, -0.2) is 9.67 Å². The molecule has 9 nitrogen and oxygen atoms in total. The van der Waals surface area contributed by atoms with Crippen LogP contribution in [0.25, 0.3) is 0 Å². The Bertz CT molecular complexity index is 925. The topological polar surface area (TPSA) is 93.5 Å². The lowest BCUT2D eigenvalue weighted by Crippen LogP contribution is -2.46. The number of aryl methyl sites for hydroxylation is 2. The Morgan fingerprint density at radius 2 is 2.00 bits per heavy atom. The van der Waals surface area contributed by atoms with Crippen LogP contribution in [0.5, 0.6) is 0 Å². The lowest BCUT2D eigenvalue weighted by atomic mass is 9.94. The van der Waals surface area contributed by atoms with Gasteiger partial charge < -0.3 is 14.5 Å². The maximum Gasteiger partial charge on any atom is 0.244 e. The molecule has 2 fully saturated rings. The average Bonchev–Trinajstić information content (AvgIpc) is 3.01. The fourth-order valence-corrected chi connectivity index (χ4v) is 4.62. The standard InChI is InChI=1S/C23H32N6O3/c1-17-25-18(2)29(26-17)15-22(30)27-12-21(32-16-19-7-6-10-24-11-19)13-28(23(31)14-27)20-8-4-3-5-9-20/h6-7,10-11,20-21H,3-5,8-9,12-16H2,1-2H3/t21-/m1/s1. The summed E-state index contributed by atoms with van der Waals surface area (Å²) in [7, 11) is 0. The van der Waals surface area contributed by atoms with E-state index < -0.39 is 0 Å². The van der Waals surface area contributed by atoms with Crippen LogP contribution in [0.4, 0.5) is 0 Å². The summed E-state index contributed by atoms with van der Waals surface area (Å²) >= 11 is 0. The molecule has 4 rings (SSSR count). The van der Waals surface area contributed by atoms with Gasteiger partial charge in [0, 0.05) is 31.5 Å². The second-order valence-electron chi connectivity index (χ2n) is 8.77. The fraction of sp³-hybridized carbons (Fsp3) is 0.609. The number of nitrogens with zero attached hydrogens (tertiary/aromatic N) is 6. The van der Waals surface area contributed by atoms with Crippen LogP contribution in [0.1, 0.15) is 49.3 Å². The van der Waals surface area contributed by atoms with E-state index in [9.17, 15) is 9.59 Å². The third-order valence-electron chi connectivity index (χ3n) is 6.30. The minimum Gasteiger partial charge on any atom is -0.370 e. The van der Waals surface area contributed by atoms with E-state index in [0.29, 0.717) is 31.3 Å². The summed E-state index contributed by atoms with van der Waals surface area (Å²) in [5.74, 6) is 1.17. The van der Waals surface area contributed by atoms with Gasteiger partial charge in [-0.2, -0.15) is 5.10 Å². The molecule has 1 saturated heterocycles. The van der Waals surface area contributed by atoms with Gasteiger partial charge in [-0.3, -0.25) is 14.6 Å². The first-order valence-electron chi connectivity index (χ1n) is 11.5. The Morgan fingerprint density at radius 1 is 1.19 bits per heavy atom. The second kappa shape index (κ2) is 10.2. The highest BCUT2D eigenvalue weighted by Crippen LogP contribution is 2.25. The average molecular weight is 441 g/mol. The van der Waals surface area contributed by atoms with Crippen molar-refractivity contribution < 1.29 is 14.3 Å². The van der Waals surface area contributed by atoms with Crippen LogP contribution in [0.3, 0.4) is 0 Å². The van der Waals surface area contributed by atoms with E-state index in [4.69, 9.17) is 4.74 Å². The third kappa shape index (κ3) is 5.51. The molecule has 0 bridgehead atoms. The van der Waals surface area contributed by atoms with Gasteiger partial charge >= 0.3 is 0 Å². The minimum absolute atomic E-state index is 0.00391. The summed E-state index contributed by atoms with van der Waals surface area (Å²) in [6, 6.07) is 4.07. The number of amides is 2. The zero-order valence-electron chi connectivity index (χ0n) is 18.9. The number of rotatable bonds is 6. The SMILES string of the molecule is Cc1nc(C)n(CC(=O)N2CC(=O)N(C3CCCCC3)C[C@H](OCc3cccnc3)C2)n1. The van der Waals surface area contributed by atoms with Crippen LogP contribution in [-0.4, -0.2) is 73.1 Å². The Labute approximate surface area is 188 Å². The lowest BCUT2D eigenvalue weighted by Gasteiger charge is -2.34. The predicted molar refractivity (Wildman–Crippen MR) is 117 cm³/mol. The van der Waals surface area contributed by atoms with Crippen LogP contribution < -0.4 is 0 Å². The molecule has 0 radical (unpaired) electrons. The van der Waals surface area contributed by atoms with Gasteiger partial charge in [0.1, 0.15) is 18.2 Å². The van der Waals surface area contributed by atoms with E-state index >= 15 is 0 Å². The molecule has 0 aromatic carbocycles. The van der Waals surface area contributed by atoms with Crippen LogP contribution >= 0.6 is 0 Å². The van der Waals surface area contributed by atoms with E-state index in [2.05, 4.69) is 15.1 Å². The molecule has 2 amide bonds. The van der Waals surface area contributed by atoms with Gasteiger partial charge in [0.15, 0.2) is 0 Å². The van der Waals surface area contributed by atoms with Gasteiger partial charge in [-0.15, -0.1) is 0 Å². The third-order valence-corrected chi connectivity index (χ3v) is 6.30. The summed E-state index contributed by atoms with van der Waals surface area (Å²) in [4.78, 5) is 38.3. The Morgan fingerprint density at radius 3 is 2.69 bits per heavy atom. The van der Waals surface area contributed by atoms with Gasteiger partial charge in [0.2, 0.25) is 11.8 Å². The van der Waals surface area contributed by atoms with Gasteiger partial charge in [-0.1, -0.05) is 25.3 Å². The summed E-state index contributed by atoms with van der Waals surface area (Å²) in [6.45, 7) is 5.05. The minimum atomic E-state index is -0.258. The van der Waals surface area contributed by atoms with Crippen molar-refractivity contribution in [2.75, 3.05) is 19.6 Å². The Balaban J connectivity index is 1.49. The molecule has 1 aliphatic heterocycles. The highest BCUT2D eigenvalue weighted by atomic mass is 16.5. The molecule has 1 atom stereocenters. The molecular weight excluding hydrogens is 408 g/mol. The predicted octanol–water partition coefficient (Wildman–Crippen LogP) is 1.88. The molecule has 0 N–H and O–H groups in total. The van der Waals surface area contributed by atoms with E-state index in [1.54, 1.807) is 28.9 Å². The molecule has 2 aliphatic rings. The van der Waals surface area contributed by atoms with Gasteiger partial charge in [0.25, 0.3) is 0 Å². The second-order valence-corrected chi connectivity index (χ2v) is 8.77. The Hall–Kier alpha value is -2.81. The maximum absolute atomic E-state index is 13.2. The number of ether oxygens (including phenoxy) is 1. The first kappa shape index (κ1) is 22.4. The maximum atomic E-state index is 13.2. The van der Waals surface area contributed by atoms with Gasteiger partial charge in [0.05, 0.1) is 19.3 Å². The molecule has 3 heterocycles. The number of pyridine rings is 1. The van der Waals surface area contributed by atoms with E-state index in [1.807, 2.05) is 24.0 Å². The lowest BCUT2D eigenvalue weighted by molar-refractivity contribution is -0.140. The van der Waals surface area contributed by atoms with E-state index in [0.717, 1.165) is 31.2 Å². The first-order valence-corrected chi connectivity index (χ1v) is 11.5. The largest absolute Gasteiger partial charge is 0.370 e. The zero-order valence-corrected chi connectivity index (χ0v) is 18.9. The zero-order chi connectivity index (χ0) is 22.5. The van der Waals surface area contributed by atoms with Crippen molar-refractivity contribution in [3.63, 3.8) is 0 Å². The van der Waals surface area contributed by atoms with Crippen molar-refractivity contribution in [3.8, 4) is 0 Å². The van der Waals surface area contributed by atoms with Crippen LogP contribution in [0.2, 0.25) is 0 Å². The molecule has 0 spiro atoms. The first-order chi connectivity index (χ1) is 15.5. The fourth-order valence-electron chi connectivity index (χ4n) is 4.62. The van der Waals surface area contributed by atoms with Crippen LogP contribution in [0, 0.1) is 13.8 Å². The van der Waals surface area contributed by atoms with E-state index in [-0.39, 0.29) is 37.0 Å². The van der Waals surface area contributed by atoms with Crippen molar-refractivity contribution in [1.29, 1.82) is 0 Å². The number of carbonyl (C=O) groups excluding carboxylic acids is 2. The van der Waals surface area contributed by atoms with Gasteiger partial charge in [-0.05, 0) is 38.3 Å². The highest BCUT2D eigenvalue weighted by Gasteiger charge is 2.35. The number of aromatic nitrogens is 4. The number of hydrogen-bond donors (Lipinski definition) is 0. The van der Waals surface area contributed by atoms with Crippen molar-refractivity contribution in [3.05, 3.63) is 41.7 Å². The highest BCUT2D eigenvalue weighted by molar-refractivity contribution is 5.85. The quantitative estimate of drug-likeness (QED) is 0.681. The molecule has 0 unspecified atom stereocenters. The summed E-state index contributed by atoms with van der Waals surface area (Å²) in [5, 5.41) is 4.30. The monoisotopic (exact) mass is 440 g/mol. The van der Waals surface area contributed by atoms with Crippen molar-refractivity contribution in [1.82, 2.24) is 29.5 Å². The normalized spacial score (nSPS) is 20.4. The molecule has 2 aromatic rings.